The molecule has 3 N–H and O–H groups in total. The van der Waals surface area contributed by atoms with Crippen LogP contribution >= 0.6 is 0 Å². The monoisotopic (exact) mass is 351 g/mol. The summed E-state index contributed by atoms with van der Waals surface area (Å²) in [6, 6.07) is 5.71. The summed E-state index contributed by atoms with van der Waals surface area (Å²) in [7, 11) is 0. The van der Waals surface area contributed by atoms with Crippen LogP contribution in [0.3, 0.4) is 0 Å². The van der Waals surface area contributed by atoms with Crippen LogP contribution in [0.4, 0.5) is 16.6 Å². The Morgan fingerprint density at radius 1 is 1.19 bits per heavy atom. The maximum atomic E-state index is 11.3. The Balaban J connectivity index is 1.58. The Kier molecular flexibility index (Phi) is 3.05. The van der Waals surface area contributed by atoms with Gasteiger partial charge in [-0.15, -0.1) is 0 Å². The molecule has 2 unspecified atom stereocenters. The van der Waals surface area contributed by atoms with Gasteiger partial charge in [-0.1, -0.05) is 0 Å². The highest BCUT2D eigenvalue weighted by atomic mass is 16.4. The molecular formula is C17H17N7O2. The van der Waals surface area contributed by atoms with Crippen molar-refractivity contribution in [3.63, 3.8) is 0 Å². The van der Waals surface area contributed by atoms with E-state index in [1.165, 1.54) is 4.90 Å². The third kappa shape index (κ3) is 2.17. The fraction of sp³-hybridized carbons (Fsp3) is 0.294. The summed E-state index contributed by atoms with van der Waals surface area (Å²) in [5.74, 6) is 1.22. The topological polar surface area (TPSA) is 113 Å². The average Bonchev–Trinajstić information content (AvgIpc) is 3.35. The van der Waals surface area contributed by atoms with Crippen molar-refractivity contribution in [3.05, 3.63) is 36.8 Å². The zero-order chi connectivity index (χ0) is 17.8. The Morgan fingerprint density at radius 2 is 2.08 bits per heavy atom. The highest BCUT2D eigenvalue weighted by Crippen LogP contribution is 2.35. The second-order valence-corrected chi connectivity index (χ2v) is 6.70. The first-order valence-electron chi connectivity index (χ1n) is 8.42. The first-order valence-corrected chi connectivity index (χ1v) is 8.42. The van der Waals surface area contributed by atoms with Crippen molar-refractivity contribution in [1.82, 2.24) is 24.3 Å². The van der Waals surface area contributed by atoms with Crippen molar-refractivity contribution < 1.29 is 9.90 Å². The Hall–Kier alpha value is -3.36. The number of aromatic nitrogens is 4. The van der Waals surface area contributed by atoms with Crippen LogP contribution in [0.2, 0.25) is 0 Å². The first-order chi connectivity index (χ1) is 12.6. The van der Waals surface area contributed by atoms with Gasteiger partial charge in [-0.3, -0.25) is 4.40 Å². The highest BCUT2D eigenvalue weighted by Gasteiger charge is 2.46. The maximum Gasteiger partial charge on any atom is 0.407 e. The number of likely N-dealkylation sites (tertiary alicyclic amines) is 1. The predicted octanol–water partition coefficient (Wildman–Crippen LogP) is 1.31. The fourth-order valence-corrected chi connectivity index (χ4v) is 4.01. The molecule has 0 aliphatic carbocycles. The van der Waals surface area contributed by atoms with Gasteiger partial charge in [0, 0.05) is 43.3 Å². The van der Waals surface area contributed by atoms with E-state index in [9.17, 15) is 9.90 Å². The lowest BCUT2D eigenvalue weighted by Gasteiger charge is -2.33. The molecule has 2 fully saturated rings. The van der Waals surface area contributed by atoms with E-state index in [-0.39, 0.29) is 12.1 Å². The number of imidazole rings is 1. The van der Waals surface area contributed by atoms with Crippen LogP contribution in [-0.4, -0.2) is 60.6 Å². The summed E-state index contributed by atoms with van der Waals surface area (Å²) in [5.41, 5.74) is 8.25. The molecule has 26 heavy (non-hydrogen) atoms. The number of nitrogens with two attached hydrogens (primary N) is 1. The molecule has 2 aliphatic rings. The molecule has 3 aromatic rings. The molecule has 5 heterocycles. The van der Waals surface area contributed by atoms with E-state index >= 15 is 0 Å². The van der Waals surface area contributed by atoms with E-state index in [0.29, 0.717) is 18.9 Å². The number of rotatable bonds is 2. The van der Waals surface area contributed by atoms with E-state index in [1.54, 1.807) is 18.5 Å². The zero-order valence-electron chi connectivity index (χ0n) is 13.9. The van der Waals surface area contributed by atoms with Gasteiger partial charge in [-0.25, -0.2) is 19.7 Å². The summed E-state index contributed by atoms with van der Waals surface area (Å²) in [6.07, 6.45) is 5.26. The molecule has 1 amide bonds. The lowest BCUT2D eigenvalue weighted by molar-refractivity contribution is 0.137. The van der Waals surface area contributed by atoms with Crippen molar-refractivity contribution in [2.75, 3.05) is 23.7 Å². The molecule has 0 aromatic carbocycles. The fourth-order valence-electron chi connectivity index (χ4n) is 4.01. The second-order valence-electron chi connectivity index (χ2n) is 6.70. The van der Waals surface area contributed by atoms with Gasteiger partial charge in [0.25, 0.3) is 0 Å². The number of anilines is 2. The third-order valence-corrected chi connectivity index (χ3v) is 5.19. The van der Waals surface area contributed by atoms with E-state index in [2.05, 4.69) is 14.9 Å². The first kappa shape index (κ1) is 14.9. The van der Waals surface area contributed by atoms with Crippen molar-refractivity contribution in [2.24, 2.45) is 0 Å². The number of fused-ring (bicyclic) bond motifs is 3. The van der Waals surface area contributed by atoms with Gasteiger partial charge in [-0.2, -0.15) is 0 Å². The molecule has 2 aliphatic heterocycles. The van der Waals surface area contributed by atoms with E-state index in [4.69, 9.17) is 10.7 Å². The Morgan fingerprint density at radius 3 is 2.81 bits per heavy atom. The third-order valence-electron chi connectivity index (χ3n) is 5.19. The molecular weight excluding hydrogens is 334 g/mol. The number of pyridine rings is 1. The normalized spacial score (nSPS) is 21.7. The van der Waals surface area contributed by atoms with Crippen molar-refractivity contribution in [1.29, 1.82) is 0 Å². The van der Waals surface area contributed by atoms with Gasteiger partial charge in [0.2, 0.25) is 5.95 Å². The molecule has 9 nitrogen and oxygen atoms in total. The molecule has 2 bridgehead atoms. The number of nitrogen functional groups attached to an aromatic ring is 1. The molecule has 3 aromatic heterocycles. The van der Waals surface area contributed by atoms with Crippen LogP contribution in [0.1, 0.15) is 6.42 Å². The Labute approximate surface area is 148 Å². The highest BCUT2D eigenvalue weighted by molar-refractivity contribution is 5.69. The molecule has 0 spiro atoms. The number of amides is 1. The minimum atomic E-state index is -0.848. The molecule has 0 saturated carbocycles. The van der Waals surface area contributed by atoms with E-state index in [0.717, 1.165) is 29.3 Å². The largest absolute Gasteiger partial charge is 0.465 e. The van der Waals surface area contributed by atoms with Crippen molar-refractivity contribution in [3.8, 4) is 11.3 Å². The minimum Gasteiger partial charge on any atom is -0.465 e. The summed E-state index contributed by atoms with van der Waals surface area (Å²) >= 11 is 0. The number of piperazine rings is 1. The maximum absolute atomic E-state index is 11.3. The van der Waals surface area contributed by atoms with Crippen molar-refractivity contribution in [2.45, 2.75) is 18.5 Å². The lowest BCUT2D eigenvalue weighted by Crippen LogP contribution is -2.49. The summed E-state index contributed by atoms with van der Waals surface area (Å²) < 4.78 is 1.94. The van der Waals surface area contributed by atoms with Crippen LogP contribution < -0.4 is 10.6 Å². The quantitative estimate of drug-likeness (QED) is 0.716. The number of carbonyl (C=O) groups is 1. The molecule has 2 saturated heterocycles. The van der Waals surface area contributed by atoms with E-state index in [1.807, 2.05) is 22.7 Å². The molecule has 5 rings (SSSR count). The van der Waals surface area contributed by atoms with Gasteiger partial charge < -0.3 is 20.6 Å². The molecule has 0 radical (unpaired) electrons. The van der Waals surface area contributed by atoms with Gasteiger partial charge in [-0.05, 0) is 18.6 Å². The Bertz CT molecular complexity index is 1020. The van der Waals surface area contributed by atoms with Crippen LogP contribution in [-0.2, 0) is 0 Å². The standard InChI is InChI=1S/C17H17N7O2/c18-14-5-10(1-2-19-14)13-7-15-20-3-4-22(15)16(21-13)23-8-12-6-11(23)9-24(12)17(25)26/h1-5,7,11-12H,6,8-9H2,(H2,18,19)(H,25,26). The van der Waals surface area contributed by atoms with Gasteiger partial charge in [0.15, 0.2) is 0 Å². The zero-order valence-corrected chi connectivity index (χ0v) is 13.9. The smallest absolute Gasteiger partial charge is 0.407 e. The number of nitrogens with zero attached hydrogens (tertiary/aromatic N) is 6. The number of carboxylic acid groups (broad SMARTS) is 1. The van der Waals surface area contributed by atoms with Crippen LogP contribution in [0.25, 0.3) is 16.9 Å². The SMILES string of the molecule is Nc1cc(-c2cc3nccn3c(N3CC4CC3CN4C(=O)O)n2)ccn1. The van der Waals surface area contributed by atoms with Crippen LogP contribution in [0.15, 0.2) is 36.8 Å². The van der Waals surface area contributed by atoms with Gasteiger partial charge >= 0.3 is 6.09 Å². The van der Waals surface area contributed by atoms with Gasteiger partial charge in [0.05, 0.1) is 17.8 Å². The molecule has 132 valence electrons. The minimum absolute atomic E-state index is 0.0121. The van der Waals surface area contributed by atoms with Crippen LogP contribution in [0, 0.1) is 0 Å². The number of hydrogen-bond donors (Lipinski definition) is 2. The summed E-state index contributed by atoms with van der Waals surface area (Å²) in [4.78, 5) is 28.3. The van der Waals surface area contributed by atoms with Gasteiger partial charge in [0.1, 0.15) is 11.5 Å². The van der Waals surface area contributed by atoms with Crippen LogP contribution in [0.5, 0.6) is 0 Å². The predicted molar refractivity (Wildman–Crippen MR) is 94.9 cm³/mol. The summed E-state index contributed by atoms with van der Waals surface area (Å²) in [5, 5.41) is 9.31. The molecule has 2 atom stereocenters. The van der Waals surface area contributed by atoms with Crippen molar-refractivity contribution >= 4 is 23.5 Å². The summed E-state index contributed by atoms with van der Waals surface area (Å²) in [6.45, 7) is 1.14. The lowest BCUT2D eigenvalue weighted by atomic mass is 10.2. The molecule has 9 heteroatoms. The van der Waals surface area contributed by atoms with E-state index < -0.39 is 6.09 Å². The second kappa shape index (κ2) is 5.32. The average molecular weight is 351 g/mol. The number of hydrogen-bond acceptors (Lipinski definition) is 6.